The third-order valence-electron chi connectivity index (χ3n) is 4.78. The SMILES string of the molecule is CCCn1ncnc1CC(C)(C)C1CCC(C)CC1Br. The summed E-state index contributed by atoms with van der Waals surface area (Å²) in [5, 5.41) is 4.36. The minimum absolute atomic E-state index is 0.271. The van der Waals surface area contributed by atoms with Gasteiger partial charge in [0, 0.05) is 17.8 Å². The average Bonchev–Trinajstić information content (AvgIpc) is 2.76. The summed E-state index contributed by atoms with van der Waals surface area (Å²) >= 11 is 3.94. The molecule has 1 aliphatic rings. The van der Waals surface area contributed by atoms with E-state index >= 15 is 0 Å². The molecule has 0 N–H and O–H groups in total. The van der Waals surface area contributed by atoms with Crippen molar-refractivity contribution in [2.24, 2.45) is 17.3 Å². The molecule has 20 heavy (non-hydrogen) atoms. The first-order valence-corrected chi connectivity index (χ1v) is 8.86. The first kappa shape index (κ1) is 16.0. The second-order valence-electron chi connectivity index (χ2n) is 7.11. The Balaban J connectivity index is 2.08. The van der Waals surface area contributed by atoms with Gasteiger partial charge in [-0.05, 0) is 36.5 Å². The van der Waals surface area contributed by atoms with Crippen LogP contribution < -0.4 is 0 Å². The minimum Gasteiger partial charge on any atom is -0.250 e. The number of aromatic nitrogens is 3. The topological polar surface area (TPSA) is 30.7 Å². The van der Waals surface area contributed by atoms with E-state index in [1.807, 2.05) is 0 Å². The monoisotopic (exact) mass is 341 g/mol. The van der Waals surface area contributed by atoms with Crippen LogP contribution in [0.3, 0.4) is 0 Å². The summed E-state index contributed by atoms with van der Waals surface area (Å²) in [6.07, 6.45) is 7.82. The molecule has 3 atom stereocenters. The fourth-order valence-electron chi connectivity index (χ4n) is 3.55. The van der Waals surface area contributed by atoms with Crippen LogP contribution in [0.4, 0.5) is 0 Å². The lowest BCUT2D eigenvalue weighted by Crippen LogP contribution is -2.37. The van der Waals surface area contributed by atoms with E-state index in [9.17, 15) is 0 Å². The van der Waals surface area contributed by atoms with E-state index in [0.29, 0.717) is 4.83 Å². The van der Waals surface area contributed by atoms with Crippen LogP contribution in [0.25, 0.3) is 0 Å². The van der Waals surface area contributed by atoms with Crippen molar-refractivity contribution in [1.82, 2.24) is 14.8 Å². The predicted octanol–water partition coefficient (Wildman–Crippen LogP) is 4.46. The Bertz CT molecular complexity index is 427. The van der Waals surface area contributed by atoms with E-state index in [1.54, 1.807) is 6.33 Å². The van der Waals surface area contributed by atoms with Gasteiger partial charge in [-0.15, -0.1) is 0 Å². The van der Waals surface area contributed by atoms with Crippen molar-refractivity contribution in [3.63, 3.8) is 0 Å². The maximum atomic E-state index is 4.49. The molecule has 1 aromatic heterocycles. The van der Waals surface area contributed by atoms with Gasteiger partial charge in [0.1, 0.15) is 12.2 Å². The highest BCUT2D eigenvalue weighted by Crippen LogP contribution is 2.44. The molecular weight excluding hydrogens is 314 g/mol. The van der Waals surface area contributed by atoms with Crippen molar-refractivity contribution >= 4 is 15.9 Å². The van der Waals surface area contributed by atoms with Crippen LogP contribution in [0, 0.1) is 17.3 Å². The number of hydrogen-bond donors (Lipinski definition) is 0. The molecule has 1 fully saturated rings. The van der Waals surface area contributed by atoms with Gasteiger partial charge in [0.25, 0.3) is 0 Å². The molecule has 0 aliphatic heterocycles. The van der Waals surface area contributed by atoms with Crippen LogP contribution in [0.5, 0.6) is 0 Å². The normalized spacial score (nSPS) is 27.8. The Morgan fingerprint density at radius 2 is 2.15 bits per heavy atom. The zero-order chi connectivity index (χ0) is 14.8. The predicted molar refractivity (Wildman–Crippen MR) is 87.0 cm³/mol. The fraction of sp³-hybridized carbons (Fsp3) is 0.875. The smallest absolute Gasteiger partial charge is 0.138 e. The van der Waals surface area contributed by atoms with E-state index in [2.05, 4.69) is 58.4 Å². The number of halogens is 1. The van der Waals surface area contributed by atoms with Crippen LogP contribution in [-0.4, -0.2) is 19.6 Å². The lowest BCUT2D eigenvalue weighted by molar-refractivity contribution is 0.143. The Labute approximate surface area is 131 Å². The molecule has 0 radical (unpaired) electrons. The number of aryl methyl sites for hydroxylation is 1. The molecule has 4 heteroatoms. The zero-order valence-electron chi connectivity index (χ0n) is 13.3. The van der Waals surface area contributed by atoms with Crippen molar-refractivity contribution < 1.29 is 0 Å². The minimum atomic E-state index is 0.271. The van der Waals surface area contributed by atoms with Crippen LogP contribution in [0.1, 0.15) is 59.2 Å². The third kappa shape index (κ3) is 3.63. The zero-order valence-corrected chi connectivity index (χ0v) is 14.9. The number of rotatable bonds is 5. The fourth-order valence-corrected chi connectivity index (χ4v) is 5.17. The molecule has 0 amide bonds. The molecule has 0 aromatic carbocycles. The molecule has 0 spiro atoms. The molecule has 2 rings (SSSR count). The first-order chi connectivity index (χ1) is 9.44. The van der Waals surface area contributed by atoms with E-state index in [4.69, 9.17) is 0 Å². The van der Waals surface area contributed by atoms with Gasteiger partial charge in [-0.1, -0.05) is 50.0 Å². The highest BCUT2D eigenvalue weighted by Gasteiger charge is 2.38. The number of nitrogens with zero attached hydrogens (tertiary/aromatic N) is 3. The van der Waals surface area contributed by atoms with E-state index < -0.39 is 0 Å². The molecule has 0 bridgehead atoms. The van der Waals surface area contributed by atoms with Gasteiger partial charge in [-0.25, -0.2) is 4.98 Å². The third-order valence-corrected chi connectivity index (χ3v) is 5.80. The molecule has 1 aliphatic carbocycles. The summed E-state index contributed by atoms with van der Waals surface area (Å²) in [5.74, 6) is 2.73. The Morgan fingerprint density at radius 1 is 1.40 bits per heavy atom. The van der Waals surface area contributed by atoms with Crippen molar-refractivity contribution in [3.8, 4) is 0 Å². The summed E-state index contributed by atoms with van der Waals surface area (Å²) in [5.41, 5.74) is 0.271. The van der Waals surface area contributed by atoms with Crippen molar-refractivity contribution in [2.45, 2.75) is 71.2 Å². The van der Waals surface area contributed by atoms with Crippen LogP contribution >= 0.6 is 15.9 Å². The maximum Gasteiger partial charge on any atom is 0.138 e. The largest absolute Gasteiger partial charge is 0.250 e. The van der Waals surface area contributed by atoms with Gasteiger partial charge in [-0.2, -0.15) is 5.10 Å². The average molecular weight is 342 g/mol. The van der Waals surface area contributed by atoms with Gasteiger partial charge >= 0.3 is 0 Å². The first-order valence-electron chi connectivity index (χ1n) is 7.94. The summed E-state index contributed by atoms with van der Waals surface area (Å²) in [4.78, 5) is 5.13. The summed E-state index contributed by atoms with van der Waals surface area (Å²) in [7, 11) is 0. The molecule has 1 heterocycles. The van der Waals surface area contributed by atoms with Gasteiger partial charge in [0.2, 0.25) is 0 Å². The van der Waals surface area contributed by atoms with E-state index in [-0.39, 0.29) is 5.41 Å². The van der Waals surface area contributed by atoms with E-state index in [1.165, 1.54) is 19.3 Å². The summed E-state index contributed by atoms with van der Waals surface area (Å²) in [6, 6.07) is 0. The Kier molecular flexibility index (Phi) is 5.27. The maximum absolute atomic E-state index is 4.49. The quantitative estimate of drug-likeness (QED) is 0.740. The molecule has 114 valence electrons. The van der Waals surface area contributed by atoms with Gasteiger partial charge < -0.3 is 0 Å². The summed E-state index contributed by atoms with van der Waals surface area (Å²) in [6.45, 7) is 10.3. The number of hydrogen-bond acceptors (Lipinski definition) is 2. The van der Waals surface area contributed by atoms with Gasteiger partial charge in [-0.3, -0.25) is 4.68 Å². The van der Waals surface area contributed by atoms with Gasteiger partial charge in [0.05, 0.1) is 0 Å². The van der Waals surface area contributed by atoms with E-state index in [0.717, 1.165) is 37.0 Å². The standard InChI is InChI=1S/C16H28BrN3/c1-5-8-20-15(18-11-19-20)10-16(3,4)13-7-6-12(2)9-14(13)17/h11-14H,5-10H2,1-4H3. The second kappa shape index (κ2) is 6.59. The Hall–Kier alpha value is -0.380. The molecule has 1 saturated carbocycles. The molecule has 0 saturated heterocycles. The highest BCUT2D eigenvalue weighted by atomic mass is 79.9. The lowest BCUT2D eigenvalue weighted by Gasteiger charge is -2.42. The molecule has 1 aromatic rings. The van der Waals surface area contributed by atoms with Crippen LogP contribution in [0.2, 0.25) is 0 Å². The van der Waals surface area contributed by atoms with Crippen molar-refractivity contribution in [2.75, 3.05) is 0 Å². The number of alkyl halides is 1. The van der Waals surface area contributed by atoms with Crippen molar-refractivity contribution in [3.05, 3.63) is 12.2 Å². The lowest BCUT2D eigenvalue weighted by atomic mass is 9.67. The highest BCUT2D eigenvalue weighted by molar-refractivity contribution is 9.09. The van der Waals surface area contributed by atoms with Crippen molar-refractivity contribution in [1.29, 1.82) is 0 Å². The Morgan fingerprint density at radius 3 is 2.80 bits per heavy atom. The van der Waals surface area contributed by atoms with Crippen LogP contribution in [-0.2, 0) is 13.0 Å². The molecular formula is C16H28BrN3. The van der Waals surface area contributed by atoms with Gasteiger partial charge in [0.15, 0.2) is 0 Å². The molecule has 3 nitrogen and oxygen atoms in total. The molecule has 3 unspecified atom stereocenters. The van der Waals surface area contributed by atoms with Crippen LogP contribution in [0.15, 0.2) is 6.33 Å². The second-order valence-corrected chi connectivity index (χ2v) is 8.28. The summed E-state index contributed by atoms with van der Waals surface area (Å²) < 4.78 is 2.08.